The Morgan fingerprint density at radius 2 is 1.08 bits per heavy atom. The van der Waals surface area contributed by atoms with Gasteiger partial charge in [0.25, 0.3) is 5.60 Å². The Morgan fingerprint density at radius 1 is 0.667 bits per heavy atom. The fraction of sp³-hybridized carbons (Fsp3) is 0.200. The van der Waals surface area contributed by atoms with Gasteiger partial charge in [0.1, 0.15) is 11.6 Å². The van der Waals surface area contributed by atoms with Gasteiger partial charge >= 0.3 is 12.4 Å². The number of benzene rings is 2. The highest BCUT2D eigenvalue weighted by atomic mass is 19.4. The molecule has 0 amide bonds. The van der Waals surface area contributed by atoms with Gasteiger partial charge in [-0.15, -0.1) is 0 Å². The average Bonchev–Trinajstić information content (AvgIpc) is 2.44. The van der Waals surface area contributed by atoms with Crippen LogP contribution in [0.3, 0.4) is 0 Å². The highest BCUT2D eigenvalue weighted by Gasteiger charge is 2.71. The SMILES string of the molecule is OC(c1ccc(-c2c(F)cccc2F)cc1)(C(F)(F)F)C(F)(F)F. The van der Waals surface area contributed by atoms with Crippen LogP contribution in [0.4, 0.5) is 35.1 Å². The van der Waals surface area contributed by atoms with Gasteiger partial charge in [0.15, 0.2) is 0 Å². The third kappa shape index (κ3) is 2.83. The Bertz CT molecular complexity index is 696. The van der Waals surface area contributed by atoms with E-state index in [0.717, 1.165) is 18.2 Å². The number of hydrogen-bond donors (Lipinski definition) is 1. The van der Waals surface area contributed by atoms with Crippen molar-refractivity contribution in [1.82, 2.24) is 0 Å². The largest absolute Gasteiger partial charge is 0.430 e. The molecule has 0 aliphatic heterocycles. The number of aliphatic hydroxyl groups is 1. The highest BCUT2D eigenvalue weighted by molar-refractivity contribution is 5.65. The van der Waals surface area contributed by atoms with Crippen molar-refractivity contribution in [3.8, 4) is 11.1 Å². The first-order valence-electron chi connectivity index (χ1n) is 6.30. The summed E-state index contributed by atoms with van der Waals surface area (Å²) in [7, 11) is 0. The molecule has 0 atom stereocenters. The first kappa shape index (κ1) is 18.2. The van der Waals surface area contributed by atoms with Crippen LogP contribution in [0.15, 0.2) is 42.5 Å². The summed E-state index contributed by atoms with van der Waals surface area (Å²) in [5.41, 5.74) is -7.48. The lowest BCUT2D eigenvalue weighted by atomic mass is 9.90. The van der Waals surface area contributed by atoms with E-state index in [0.29, 0.717) is 24.3 Å². The van der Waals surface area contributed by atoms with E-state index in [4.69, 9.17) is 0 Å². The van der Waals surface area contributed by atoms with E-state index < -0.39 is 40.7 Å². The molecule has 2 aromatic rings. The van der Waals surface area contributed by atoms with Gasteiger partial charge in [-0.25, -0.2) is 8.78 Å². The monoisotopic (exact) mass is 356 g/mol. The summed E-state index contributed by atoms with van der Waals surface area (Å²) in [6.45, 7) is 0. The molecule has 0 aliphatic carbocycles. The maximum Gasteiger partial charge on any atom is 0.430 e. The predicted octanol–water partition coefficient (Wildman–Crippen LogP) is 4.94. The molecule has 0 bridgehead atoms. The van der Waals surface area contributed by atoms with Crippen LogP contribution in [0, 0.1) is 11.6 Å². The molecule has 130 valence electrons. The van der Waals surface area contributed by atoms with E-state index in [-0.39, 0.29) is 5.56 Å². The Hall–Kier alpha value is -2.16. The number of halogens is 8. The van der Waals surface area contributed by atoms with Gasteiger partial charge in [-0.2, -0.15) is 26.3 Å². The Balaban J connectivity index is 2.56. The Morgan fingerprint density at radius 3 is 1.46 bits per heavy atom. The molecule has 0 saturated heterocycles. The van der Waals surface area contributed by atoms with Crippen molar-refractivity contribution >= 4 is 0 Å². The summed E-state index contributed by atoms with van der Waals surface area (Å²) in [4.78, 5) is 0. The number of alkyl halides is 6. The Labute approximate surface area is 130 Å². The van der Waals surface area contributed by atoms with Gasteiger partial charge in [-0.1, -0.05) is 30.3 Å². The van der Waals surface area contributed by atoms with E-state index in [1.54, 1.807) is 0 Å². The summed E-state index contributed by atoms with van der Waals surface area (Å²) in [6.07, 6.45) is -12.1. The van der Waals surface area contributed by atoms with Crippen molar-refractivity contribution in [2.24, 2.45) is 0 Å². The van der Waals surface area contributed by atoms with Crippen molar-refractivity contribution in [3.63, 3.8) is 0 Å². The molecule has 0 radical (unpaired) electrons. The lowest BCUT2D eigenvalue weighted by Crippen LogP contribution is -2.53. The van der Waals surface area contributed by atoms with Crippen molar-refractivity contribution in [3.05, 3.63) is 59.7 Å². The fourth-order valence-corrected chi connectivity index (χ4v) is 2.14. The molecule has 0 fully saturated rings. The number of rotatable bonds is 2. The first-order valence-corrected chi connectivity index (χ1v) is 6.30. The average molecular weight is 356 g/mol. The molecule has 2 rings (SSSR count). The van der Waals surface area contributed by atoms with Gasteiger partial charge in [0, 0.05) is 5.56 Å². The maximum atomic E-state index is 13.6. The summed E-state index contributed by atoms with van der Waals surface area (Å²) < 4.78 is 104. The second-order valence-corrected chi connectivity index (χ2v) is 4.88. The zero-order valence-electron chi connectivity index (χ0n) is 11.5. The molecule has 0 spiro atoms. The second kappa shape index (κ2) is 5.73. The first-order chi connectivity index (χ1) is 10.9. The van der Waals surface area contributed by atoms with E-state index in [1.807, 2.05) is 0 Å². The van der Waals surface area contributed by atoms with Crippen molar-refractivity contribution in [1.29, 1.82) is 0 Å². The zero-order chi connectivity index (χ0) is 18.3. The molecule has 24 heavy (non-hydrogen) atoms. The summed E-state index contributed by atoms with van der Waals surface area (Å²) >= 11 is 0. The quantitative estimate of drug-likeness (QED) is 0.756. The number of hydrogen-bond acceptors (Lipinski definition) is 1. The lowest BCUT2D eigenvalue weighted by molar-refractivity contribution is -0.376. The van der Waals surface area contributed by atoms with Crippen LogP contribution in [-0.4, -0.2) is 17.5 Å². The van der Waals surface area contributed by atoms with Gasteiger partial charge in [0.2, 0.25) is 0 Å². The topological polar surface area (TPSA) is 20.2 Å². The third-order valence-electron chi connectivity index (χ3n) is 3.37. The van der Waals surface area contributed by atoms with Crippen LogP contribution in [0.1, 0.15) is 5.56 Å². The molecule has 1 nitrogen and oxygen atoms in total. The smallest absolute Gasteiger partial charge is 0.369 e. The van der Waals surface area contributed by atoms with E-state index in [1.165, 1.54) is 0 Å². The van der Waals surface area contributed by atoms with Crippen molar-refractivity contribution < 1.29 is 40.2 Å². The van der Waals surface area contributed by atoms with Crippen LogP contribution in [0.2, 0.25) is 0 Å². The summed E-state index contributed by atoms with van der Waals surface area (Å²) in [5, 5.41) is 9.23. The van der Waals surface area contributed by atoms with Crippen molar-refractivity contribution in [2.45, 2.75) is 18.0 Å². The molecule has 1 N–H and O–H groups in total. The van der Waals surface area contributed by atoms with Crippen LogP contribution in [0.5, 0.6) is 0 Å². The van der Waals surface area contributed by atoms with Crippen LogP contribution >= 0.6 is 0 Å². The van der Waals surface area contributed by atoms with Crippen LogP contribution in [0.25, 0.3) is 11.1 Å². The molecule has 0 aromatic heterocycles. The van der Waals surface area contributed by atoms with Gasteiger partial charge in [-0.05, 0) is 17.7 Å². The minimum atomic E-state index is -6.03. The van der Waals surface area contributed by atoms with Gasteiger partial charge in [-0.3, -0.25) is 0 Å². The van der Waals surface area contributed by atoms with Crippen LogP contribution < -0.4 is 0 Å². The van der Waals surface area contributed by atoms with Gasteiger partial charge in [0.05, 0.1) is 5.56 Å². The standard InChI is InChI=1S/C15H8F8O/c16-10-2-1-3-11(17)12(10)8-4-6-9(7-5-8)13(24,14(18,19)20)15(21,22)23/h1-7,24H. The fourth-order valence-electron chi connectivity index (χ4n) is 2.14. The maximum absolute atomic E-state index is 13.6. The zero-order valence-corrected chi connectivity index (χ0v) is 11.5. The minimum Gasteiger partial charge on any atom is -0.369 e. The molecule has 0 unspecified atom stereocenters. The summed E-state index contributed by atoms with van der Waals surface area (Å²) in [5.74, 6) is -2.07. The third-order valence-corrected chi connectivity index (χ3v) is 3.37. The summed E-state index contributed by atoms with van der Waals surface area (Å²) in [6, 6.07) is 4.79. The molecule has 2 aromatic carbocycles. The van der Waals surface area contributed by atoms with Gasteiger partial charge < -0.3 is 5.11 Å². The predicted molar refractivity (Wildman–Crippen MR) is 67.8 cm³/mol. The molecular weight excluding hydrogens is 348 g/mol. The molecule has 0 saturated carbocycles. The van der Waals surface area contributed by atoms with E-state index >= 15 is 0 Å². The molecule has 0 heterocycles. The normalized spacial score (nSPS) is 13.2. The highest BCUT2D eigenvalue weighted by Crippen LogP contribution is 2.50. The molecule has 0 aliphatic rings. The van der Waals surface area contributed by atoms with E-state index in [9.17, 15) is 40.2 Å². The Kier molecular flexibility index (Phi) is 4.34. The molecular formula is C15H8F8O. The lowest BCUT2D eigenvalue weighted by Gasteiger charge is -2.32. The molecule has 9 heteroatoms. The minimum absolute atomic E-state index is 0.277. The van der Waals surface area contributed by atoms with Crippen molar-refractivity contribution in [2.75, 3.05) is 0 Å². The van der Waals surface area contributed by atoms with E-state index in [2.05, 4.69) is 0 Å². The second-order valence-electron chi connectivity index (χ2n) is 4.88. The van der Waals surface area contributed by atoms with Crippen LogP contribution in [-0.2, 0) is 5.60 Å².